The van der Waals surface area contributed by atoms with Crippen molar-refractivity contribution in [2.45, 2.75) is 13.1 Å². The zero-order valence-electron chi connectivity index (χ0n) is 10.6. The molecule has 0 bridgehead atoms. The fourth-order valence-electron chi connectivity index (χ4n) is 1.92. The quantitative estimate of drug-likeness (QED) is 0.931. The van der Waals surface area contributed by atoms with Gasteiger partial charge in [-0.15, -0.1) is 0 Å². The van der Waals surface area contributed by atoms with Crippen molar-refractivity contribution in [1.29, 1.82) is 0 Å². The topological polar surface area (TPSA) is 57.2 Å². The van der Waals surface area contributed by atoms with Gasteiger partial charge in [-0.2, -0.15) is 0 Å². The summed E-state index contributed by atoms with van der Waals surface area (Å²) in [6.45, 7) is 0.628. The fraction of sp³-hybridized carbons (Fsp3) is 0.214. The largest absolute Gasteiger partial charge is 0.496 e. The van der Waals surface area contributed by atoms with Crippen molar-refractivity contribution in [3.63, 3.8) is 0 Å². The van der Waals surface area contributed by atoms with E-state index in [1.54, 1.807) is 48.2 Å². The molecule has 0 fully saturated rings. The third kappa shape index (κ3) is 2.97. The molecule has 0 aliphatic heterocycles. The van der Waals surface area contributed by atoms with E-state index in [2.05, 4.69) is 0 Å². The van der Waals surface area contributed by atoms with Gasteiger partial charge in [0.1, 0.15) is 5.75 Å². The molecule has 5 heteroatoms. The number of hydrogen-bond acceptors (Lipinski definition) is 3. The molecule has 0 aliphatic rings. The van der Waals surface area contributed by atoms with Crippen LogP contribution in [0.1, 0.15) is 11.1 Å². The first-order chi connectivity index (χ1) is 9.15. The first-order valence-corrected chi connectivity index (χ1v) is 6.24. The number of ether oxygens (including phenoxy) is 1. The van der Waals surface area contributed by atoms with Crippen LogP contribution in [0.4, 0.5) is 0 Å². The molecule has 19 heavy (non-hydrogen) atoms. The molecule has 0 aliphatic carbocycles. The molecule has 2 aromatic rings. The van der Waals surface area contributed by atoms with Gasteiger partial charge in [-0.1, -0.05) is 17.7 Å². The van der Waals surface area contributed by atoms with Crippen molar-refractivity contribution in [2.24, 2.45) is 5.73 Å². The highest BCUT2D eigenvalue weighted by molar-refractivity contribution is 6.30. The summed E-state index contributed by atoms with van der Waals surface area (Å²) in [4.78, 5) is 12.1. The molecule has 0 unspecified atom stereocenters. The van der Waals surface area contributed by atoms with Gasteiger partial charge in [0.25, 0.3) is 5.56 Å². The van der Waals surface area contributed by atoms with E-state index >= 15 is 0 Å². The SMILES string of the molecule is COc1ccc(Cl)cc1Cn1cccc(CN)c1=O. The average molecular weight is 279 g/mol. The van der Waals surface area contributed by atoms with Gasteiger partial charge in [-0.05, 0) is 24.3 Å². The van der Waals surface area contributed by atoms with Crippen LogP contribution in [0.25, 0.3) is 0 Å². The predicted octanol–water partition coefficient (Wildman–Crippen LogP) is 2.02. The van der Waals surface area contributed by atoms with Gasteiger partial charge in [0.2, 0.25) is 0 Å². The number of halogens is 1. The summed E-state index contributed by atoms with van der Waals surface area (Å²) >= 11 is 5.98. The van der Waals surface area contributed by atoms with Gasteiger partial charge in [0.15, 0.2) is 0 Å². The van der Waals surface area contributed by atoms with Gasteiger partial charge < -0.3 is 15.0 Å². The number of pyridine rings is 1. The Morgan fingerprint density at radius 3 is 2.79 bits per heavy atom. The van der Waals surface area contributed by atoms with Crippen molar-refractivity contribution in [3.8, 4) is 5.75 Å². The molecule has 1 heterocycles. The van der Waals surface area contributed by atoms with Gasteiger partial charge in [-0.3, -0.25) is 4.79 Å². The Balaban J connectivity index is 2.41. The summed E-state index contributed by atoms with van der Waals surface area (Å²) < 4.78 is 6.86. The summed E-state index contributed by atoms with van der Waals surface area (Å²) in [6.07, 6.45) is 1.72. The fourth-order valence-corrected chi connectivity index (χ4v) is 2.12. The van der Waals surface area contributed by atoms with E-state index in [0.29, 0.717) is 22.9 Å². The molecule has 100 valence electrons. The minimum Gasteiger partial charge on any atom is -0.496 e. The van der Waals surface area contributed by atoms with Gasteiger partial charge in [0, 0.05) is 28.9 Å². The summed E-state index contributed by atoms with van der Waals surface area (Å²) in [7, 11) is 1.59. The van der Waals surface area contributed by atoms with Crippen molar-refractivity contribution >= 4 is 11.6 Å². The van der Waals surface area contributed by atoms with E-state index in [9.17, 15) is 4.79 Å². The molecule has 0 atom stereocenters. The number of benzene rings is 1. The van der Waals surface area contributed by atoms with Gasteiger partial charge in [-0.25, -0.2) is 0 Å². The zero-order valence-corrected chi connectivity index (χ0v) is 11.4. The van der Waals surface area contributed by atoms with E-state index in [-0.39, 0.29) is 12.1 Å². The third-order valence-corrected chi connectivity index (χ3v) is 3.14. The molecule has 0 saturated carbocycles. The Kier molecular flexibility index (Phi) is 4.24. The standard InChI is InChI=1S/C14H15ClN2O2/c1-19-13-5-4-12(15)7-11(13)9-17-6-2-3-10(8-16)14(17)18/h2-7H,8-9,16H2,1H3. The maximum Gasteiger partial charge on any atom is 0.255 e. The number of aromatic nitrogens is 1. The van der Waals surface area contributed by atoms with Crippen LogP contribution in [0.3, 0.4) is 0 Å². The van der Waals surface area contributed by atoms with E-state index in [0.717, 1.165) is 5.56 Å². The lowest BCUT2D eigenvalue weighted by molar-refractivity contribution is 0.408. The zero-order chi connectivity index (χ0) is 13.8. The van der Waals surface area contributed by atoms with Crippen LogP contribution in [-0.2, 0) is 13.1 Å². The molecule has 0 radical (unpaired) electrons. The van der Waals surface area contributed by atoms with Gasteiger partial charge >= 0.3 is 0 Å². The Labute approximate surface area is 116 Å². The van der Waals surface area contributed by atoms with Crippen molar-refractivity contribution < 1.29 is 4.74 Å². The van der Waals surface area contributed by atoms with Crippen LogP contribution in [-0.4, -0.2) is 11.7 Å². The van der Waals surface area contributed by atoms with Gasteiger partial charge in [0.05, 0.1) is 13.7 Å². The van der Waals surface area contributed by atoms with Crippen LogP contribution < -0.4 is 16.0 Å². The monoisotopic (exact) mass is 278 g/mol. The number of methoxy groups -OCH3 is 1. The molecule has 1 aromatic heterocycles. The molecular weight excluding hydrogens is 264 g/mol. The molecule has 2 N–H and O–H groups in total. The molecule has 0 saturated heterocycles. The summed E-state index contributed by atoms with van der Waals surface area (Å²) in [5, 5.41) is 0.610. The number of nitrogens with zero attached hydrogens (tertiary/aromatic N) is 1. The average Bonchev–Trinajstić information content (AvgIpc) is 2.41. The Morgan fingerprint density at radius 2 is 2.11 bits per heavy atom. The second kappa shape index (κ2) is 5.91. The first kappa shape index (κ1) is 13.6. The molecule has 4 nitrogen and oxygen atoms in total. The predicted molar refractivity (Wildman–Crippen MR) is 75.7 cm³/mol. The molecule has 0 amide bonds. The first-order valence-electron chi connectivity index (χ1n) is 5.86. The van der Waals surface area contributed by atoms with Crippen LogP contribution >= 0.6 is 11.6 Å². The Bertz CT molecular complexity index is 638. The second-order valence-corrected chi connectivity index (χ2v) is 4.56. The smallest absolute Gasteiger partial charge is 0.255 e. The third-order valence-electron chi connectivity index (χ3n) is 2.90. The minimum atomic E-state index is -0.0907. The number of rotatable bonds is 4. The Morgan fingerprint density at radius 1 is 1.32 bits per heavy atom. The highest BCUT2D eigenvalue weighted by Crippen LogP contribution is 2.23. The lowest BCUT2D eigenvalue weighted by atomic mass is 10.2. The molecule has 1 aromatic carbocycles. The minimum absolute atomic E-state index is 0.0907. The number of nitrogens with two attached hydrogens (primary N) is 1. The second-order valence-electron chi connectivity index (χ2n) is 4.13. The van der Waals surface area contributed by atoms with E-state index < -0.39 is 0 Å². The van der Waals surface area contributed by atoms with E-state index in [4.69, 9.17) is 22.1 Å². The molecule has 0 spiro atoms. The van der Waals surface area contributed by atoms with Crippen molar-refractivity contribution in [2.75, 3.05) is 7.11 Å². The summed E-state index contributed by atoms with van der Waals surface area (Å²) in [5.74, 6) is 0.703. The molecule has 2 rings (SSSR count). The summed E-state index contributed by atoms with van der Waals surface area (Å²) in [5.41, 5.74) is 6.88. The normalized spacial score (nSPS) is 10.5. The lowest BCUT2D eigenvalue weighted by Gasteiger charge is -2.11. The summed E-state index contributed by atoms with van der Waals surface area (Å²) in [6, 6.07) is 8.87. The van der Waals surface area contributed by atoms with Crippen LogP contribution in [0.2, 0.25) is 5.02 Å². The maximum absolute atomic E-state index is 12.1. The van der Waals surface area contributed by atoms with E-state index in [1.807, 2.05) is 0 Å². The number of hydrogen-bond donors (Lipinski definition) is 1. The van der Waals surface area contributed by atoms with Crippen LogP contribution in [0.5, 0.6) is 5.75 Å². The Hall–Kier alpha value is -1.78. The van der Waals surface area contributed by atoms with Crippen LogP contribution in [0, 0.1) is 0 Å². The van der Waals surface area contributed by atoms with Crippen molar-refractivity contribution in [1.82, 2.24) is 4.57 Å². The van der Waals surface area contributed by atoms with E-state index in [1.165, 1.54) is 0 Å². The highest BCUT2D eigenvalue weighted by atomic mass is 35.5. The van der Waals surface area contributed by atoms with Crippen LogP contribution in [0.15, 0.2) is 41.3 Å². The van der Waals surface area contributed by atoms with Crippen molar-refractivity contribution in [3.05, 3.63) is 63.0 Å². The maximum atomic E-state index is 12.1. The lowest BCUT2D eigenvalue weighted by Crippen LogP contribution is -2.25. The molecular formula is C14H15ClN2O2. The highest BCUT2D eigenvalue weighted by Gasteiger charge is 2.07.